The van der Waals surface area contributed by atoms with Crippen molar-refractivity contribution in [3.63, 3.8) is 0 Å². The highest BCUT2D eigenvalue weighted by Gasteiger charge is 2.20. The fraction of sp³-hybridized carbons (Fsp3) is 0.0952. The first kappa shape index (κ1) is 20.8. The molecular formula is C21H16Cl2N6O2. The number of hydrogen-bond acceptors (Lipinski definition) is 5. The van der Waals surface area contributed by atoms with Gasteiger partial charge in [0.15, 0.2) is 0 Å². The maximum absolute atomic E-state index is 12.5. The Morgan fingerprint density at radius 2 is 1.61 bits per heavy atom. The summed E-state index contributed by atoms with van der Waals surface area (Å²) in [6, 6.07) is 15.8. The minimum atomic E-state index is -0.689. The third-order valence-corrected chi connectivity index (χ3v) is 5.07. The van der Waals surface area contributed by atoms with E-state index in [1.807, 2.05) is 25.1 Å². The molecule has 0 saturated heterocycles. The average Bonchev–Trinajstić information content (AvgIpc) is 3.21. The molecule has 10 heteroatoms. The van der Waals surface area contributed by atoms with Crippen LogP contribution < -0.4 is 10.9 Å². The van der Waals surface area contributed by atoms with Gasteiger partial charge in [-0.15, -0.1) is 5.10 Å². The van der Waals surface area contributed by atoms with Crippen LogP contribution in [0, 0.1) is 0 Å². The predicted octanol–water partition coefficient (Wildman–Crippen LogP) is 3.76. The highest BCUT2D eigenvalue weighted by Crippen LogP contribution is 2.28. The highest BCUT2D eigenvalue weighted by molar-refractivity contribution is 6.37. The number of rotatable bonds is 4. The molecule has 0 atom stereocenters. The number of hydrogen-bond donors (Lipinski definition) is 2. The summed E-state index contributed by atoms with van der Waals surface area (Å²) < 4.78 is 1.42. The van der Waals surface area contributed by atoms with Gasteiger partial charge in [0, 0.05) is 11.8 Å². The van der Waals surface area contributed by atoms with Crippen LogP contribution >= 0.6 is 23.2 Å². The standard InChI is InChI=1S/C21H16Cl2N6O2/c1-2-17-25-19(28-29(17)18-13(22)7-5-8-14(18)23)21(31)27-26-20(30)16-11-10-12-6-3-4-9-15(12)24-16/h3-11H,2H2,1H3,(H,26,30)(H,27,31). The second kappa shape index (κ2) is 8.71. The molecule has 2 amide bonds. The number of hydrazine groups is 1. The lowest BCUT2D eigenvalue weighted by molar-refractivity contribution is 0.0838. The molecule has 0 aliphatic heterocycles. The van der Waals surface area contributed by atoms with Crippen molar-refractivity contribution in [2.24, 2.45) is 0 Å². The summed E-state index contributed by atoms with van der Waals surface area (Å²) >= 11 is 12.5. The molecule has 31 heavy (non-hydrogen) atoms. The highest BCUT2D eigenvalue weighted by atomic mass is 35.5. The maximum Gasteiger partial charge on any atom is 0.309 e. The Kier molecular flexibility index (Phi) is 5.83. The summed E-state index contributed by atoms with van der Waals surface area (Å²) in [7, 11) is 0. The monoisotopic (exact) mass is 454 g/mol. The Bertz CT molecular complexity index is 1280. The summed E-state index contributed by atoms with van der Waals surface area (Å²) in [6.07, 6.45) is 0.481. The van der Waals surface area contributed by atoms with Crippen molar-refractivity contribution in [2.45, 2.75) is 13.3 Å². The van der Waals surface area contributed by atoms with Crippen LogP contribution in [0.25, 0.3) is 16.6 Å². The topological polar surface area (TPSA) is 102 Å². The van der Waals surface area contributed by atoms with Crippen LogP contribution in [0.15, 0.2) is 54.6 Å². The third-order valence-electron chi connectivity index (χ3n) is 4.46. The van der Waals surface area contributed by atoms with Gasteiger partial charge in [-0.05, 0) is 24.3 Å². The Morgan fingerprint density at radius 1 is 0.903 bits per heavy atom. The Labute approximate surface area is 187 Å². The van der Waals surface area contributed by atoms with Crippen LogP contribution in [-0.4, -0.2) is 31.6 Å². The minimum Gasteiger partial charge on any atom is -0.266 e. The molecule has 4 rings (SSSR count). The number of amides is 2. The molecule has 2 aromatic carbocycles. The van der Waals surface area contributed by atoms with E-state index in [1.54, 1.807) is 36.4 Å². The molecular weight excluding hydrogens is 439 g/mol. The van der Waals surface area contributed by atoms with Gasteiger partial charge in [-0.2, -0.15) is 0 Å². The molecule has 0 bridgehead atoms. The molecule has 0 unspecified atom stereocenters. The van der Waals surface area contributed by atoms with E-state index >= 15 is 0 Å². The number of halogens is 2. The van der Waals surface area contributed by atoms with Crippen molar-refractivity contribution in [3.8, 4) is 5.69 Å². The molecule has 0 saturated carbocycles. The van der Waals surface area contributed by atoms with Crippen molar-refractivity contribution >= 4 is 45.9 Å². The van der Waals surface area contributed by atoms with E-state index in [4.69, 9.17) is 23.2 Å². The van der Waals surface area contributed by atoms with Crippen molar-refractivity contribution in [1.82, 2.24) is 30.6 Å². The fourth-order valence-electron chi connectivity index (χ4n) is 2.97. The van der Waals surface area contributed by atoms with Gasteiger partial charge in [0.25, 0.3) is 5.91 Å². The summed E-state index contributed by atoms with van der Waals surface area (Å²) in [6.45, 7) is 1.86. The molecule has 0 aliphatic rings. The molecule has 8 nitrogen and oxygen atoms in total. The van der Waals surface area contributed by atoms with Gasteiger partial charge in [0.2, 0.25) is 5.82 Å². The molecule has 0 spiro atoms. The quantitative estimate of drug-likeness (QED) is 0.457. The van der Waals surface area contributed by atoms with Gasteiger partial charge in [-0.1, -0.05) is 60.5 Å². The number of nitrogens with zero attached hydrogens (tertiary/aromatic N) is 4. The molecule has 2 aromatic heterocycles. The number of aromatic nitrogens is 4. The zero-order valence-corrected chi connectivity index (χ0v) is 17.8. The zero-order valence-electron chi connectivity index (χ0n) is 16.3. The third kappa shape index (κ3) is 4.21. The van der Waals surface area contributed by atoms with Crippen molar-refractivity contribution < 1.29 is 9.59 Å². The summed E-state index contributed by atoms with van der Waals surface area (Å²) in [5.74, 6) is -0.906. The van der Waals surface area contributed by atoms with E-state index in [2.05, 4.69) is 25.9 Å². The van der Waals surface area contributed by atoms with Crippen LogP contribution in [-0.2, 0) is 6.42 Å². The second-order valence-corrected chi connectivity index (χ2v) is 7.30. The van der Waals surface area contributed by atoms with Crippen LogP contribution in [0.3, 0.4) is 0 Å². The first-order valence-electron chi connectivity index (χ1n) is 9.34. The molecule has 2 N–H and O–H groups in total. The second-order valence-electron chi connectivity index (χ2n) is 6.48. The smallest absolute Gasteiger partial charge is 0.266 e. The predicted molar refractivity (Wildman–Crippen MR) is 117 cm³/mol. The van der Waals surface area contributed by atoms with E-state index in [0.717, 1.165) is 5.39 Å². The molecule has 2 heterocycles. The van der Waals surface area contributed by atoms with E-state index in [1.165, 1.54) is 4.68 Å². The molecule has 156 valence electrons. The van der Waals surface area contributed by atoms with Crippen molar-refractivity contribution in [2.75, 3.05) is 0 Å². The van der Waals surface area contributed by atoms with E-state index in [9.17, 15) is 9.59 Å². The Morgan fingerprint density at radius 3 is 2.35 bits per heavy atom. The number of carbonyl (C=O) groups is 2. The van der Waals surface area contributed by atoms with Gasteiger partial charge in [-0.25, -0.2) is 14.6 Å². The number of para-hydroxylation sites is 2. The zero-order chi connectivity index (χ0) is 22.0. The molecule has 0 radical (unpaired) electrons. The molecule has 0 fully saturated rings. The van der Waals surface area contributed by atoms with Gasteiger partial charge in [0.1, 0.15) is 17.2 Å². The fourth-order valence-corrected chi connectivity index (χ4v) is 3.52. The molecule has 4 aromatic rings. The largest absolute Gasteiger partial charge is 0.309 e. The van der Waals surface area contributed by atoms with Crippen LogP contribution in [0.1, 0.15) is 33.9 Å². The summed E-state index contributed by atoms with van der Waals surface area (Å²) in [4.78, 5) is 33.4. The normalized spacial score (nSPS) is 10.8. The average molecular weight is 455 g/mol. The summed E-state index contributed by atoms with van der Waals surface area (Å²) in [5.41, 5.74) is 5.90. The van der Waals surface area contributed by atoms with Crippen LogP contribution in [0.2, 0.25) is 10.0 Å². The molecule has 0 aliphatic carbocycles. The number of benzene rings is 2. The first-order chi connectivity index (χ1) is 15.0. The number of nitrogens with one attached hydrogen (secondary N) is 2. The number of carbonyl (C=O) groups excluding carboxylic acids is 2. The lowest BCUT2D eigenvalue weighted by Crippen LogP contribution is -2.42. The van der Waals surface area contributed by atoms with E-state index in [-0.39, 0.29) is 11.5 Å². The van der Waals surface area contributed by atoms with Gasteiger partial charge < -0.3 is 0 Å². The maximum atomic E-state index is 12.5. The van der Waals surface area contributed by atoms with Gasteiger partial charge in [0.05, 0.1) is 15.6 Å². The number of pyridine rings is 1. The first-order valence-corrected chi connectivity index (χ1v) is 10.1. The lowest BCUT2D eigenvalue weighted by atomic mass is 10.2. The van der Waals surface area contributed by atoms with Gasteiger partial charge in [-0.3, -0.25) is 20.4 Å². The van der Waals surface area contributed by atoms with Crippen LogP contribution in [0.5, 0.6) is 0 Å². The number of fused-ring (bicyclic) bond motifs is 1. The van der Waals surface area contributed by atoms with E-state index < -0.39 is 11.8 Å². The Balaban J connectivity index is 1.52. The van der Waals surface area contributed by atoms with Crippen molar-refractivity contribution in [3.05, 3.63) is 82.0 Å². The van der Waals surface area contributed by atoms with Crippen molar-refractivity contribution in [1.29, 1.82) is 0 Å². The van der Waals surface area contributed by atoms with Gasteiger partial charge >= 0.3 is 5.91 Å². The summed E-state index contributed by atoms with van der Waals surface area (Å²) in [5, 5.41) is 5.87. The van der Waals surface area contributed by atoms with Crippen LogP contribution in [0.4, 0.5) is 0 Å². The SMILES string of the molecule is CCc1nc(C(=O)NNC(=O)c2ccc3ccccc3n2)nn1-c1c(Cl)cccc1Cl. The number of aryl methyl sites for hydroxylation is 1. The minimum absolute atomic E-state index is 0.139. The Hall–Kier alpha value is -3.49. The van der Waals surface area contributed by atoms with E-state index in [0.29, 0.717) is 33.5 Å². The lowest BCUT2D eigenvalue weighted by Gasteiger charge is -2.08.